The van der Waals surface area contributed by atoms with Crippen LogP contribution in [0.25, 0.3) is 11.0 Å². The number of nitrogens with two attached hydrogens (primary N) is 1. The Kier molecular flexibility index (Phi) is 7.71. The largest absolute Gasteiger partial charge is 0.338 e. The van der Waals surface area contributed by atoms with E-state index in [0.29, 0.717) is 13.1 Å². The van der Waals surface area contributed by atoms with Crippen molar-refractivity contribution < 1.29 is 4.79 Å². The van der Waals surface area contributed by atoms with E-state index in [1.807, 2.05) is 42.8 Å². The minimum absolute atomic E-state index is 0. The van der Waals surface area contributed by atoms with Gasteiger partial charge in [0.2, 0.25) is 5.91 Å². The van der Waals surface area contributed by atoms with E-state index in [-0.39, 0.29) is 36.6 Å². The minimum atomic E-state index is -0.153. The first-order valence-electron chi connectivity index (χ1n) is 6.40. The molecule has 2 rings (SSSR count). The molecule has 1 aromatic carbocycles. The molecule has 0 fully saturated rings. The summed E-state index contributed by atoms with van der Waals surface area (Å²) in [5, 5.41) is 0. The lowest BCUT2D eigenvalue weighted by molar-refractivity contribution is -0.134. The summed E-state index contributed by atoms with van der Waals surface area (Å²) < 4.78 is 2.02. The van der Waals surface area contributed by atoms with Gasteiger partial charge in [0.05, 0.1) is 17.6 Å². The molecule has 1 atom stereocenters. The number of para-hydroxylation sites is 2. The summed E-state index contributed by atoms with van der Waals surface area (Å²) >= 11 is 0. The van der Waals surface area contributed by atoms with Crippen LogP contribution >= 0.6 is 24.8 Å². The van der Waals surface area contributed by atoms with Gasteiger partial charge in [0, 0.05) is 26.6 Å². The second-order valence-corrected chi connectivity index (χ2v) is 4.91. The third kappa shape index (κ3) is 4.09. The van der Waals surface area contributed by atoms with Crippen molar-refractivity contribution in [2.24, 2.45) is 18.7 Å². The molecule has 5 nitrogen and oxygen atoms in total. The molecule has 21 heavy (non-hydrogen) atoms. The van der Waals surface area contributed by atoms with Crippen LogP contribution in [-0.2, 0) is 18.4 Å². The number of hydrogen-bond donors (Lipinski definition) is 1. The van der Waals surface area contributed by atoms with Crippen LogP contribution in [0.4, 0.5) is 0 Å². The molecule has 2 aromatic rings. The number of rotatable bonds is 4. The van der Waals surface area contributed by atoms with Gasteiger partial charge >= 0.3 is 0 Å². The summed E-state index contributed by atoms with van der Waals surface area (Å²) in [5.41, 5.74) is 7.55. The summed E-state index contributed by atoms with van der Waals surface area (Å²) in [4.78, 5) is 18.3. The van der Waals surface area contributed by atoms with Crippen molar-refractivity contribution in [3.63, 3.8) is 0 Å². The first-order chi connectivity index (χ1) is 9.04. The molecule has 0 aliphatic carbocycles. The summed E-state index contributed by atoms with van der Waals surface area (Å²) in [6.07, 6.45) is 0. The van der Waals surface area contributed by atoms with E-state index in [2.05, 4.69) is 4.98 Å². The van der Waals surface area contributed by atoms with Crippen LogP contribution in [0.3, 0.4) is 0 Å². The molecule has 118 valence electrons. The highest BCUT2D eigenvalue weighted by molar-refractivity contribution is 5.85. The lowest BCUT2D eigenvalue weighted by Gasteiger charge is -2.20. The number of carbonyl (C=O) groups excluding carboxylic acids is 1. The first kappa shape index (κ1) is 19.7. The van der Waals surface area contributed by atoms with Crippen molar-refractivity contribution in [1.82, 2.24) is 14.5 Å². The SMILES string of the molecule is CC(CN)C(=O)N(C)Cc1nc2ccccc2n1C.Cl.Cl. The zero-order valence-electron chi connectivity index (χ0n) is 12.4. The Bertz CT molecular complexity index is 600. The van der Waals surface area contributed by atoms with Crippen LogP contribution in [0.5, 0.6) is 0 Å². The number of carbonyl (C=O) groups is 1. The zero-order valence-corrected chi connectivity index (χ0v) is 14.1. The fraction of sp³-hybridized carbons (Fsp3) is 0.429. The molecule has 1 unspecified atom stereocenters. The standard InChI is InChI=1S/C14H20N4O.2ClH/c1-10(8-15)14(19)17(2)9-13-16-11-6-4-5-7-12(11)18(13)3;;/h4-7,10H,8-9,15H2,1-3H3;2*1H. The normalized spacial score (nSPS) is 11.4. The van der Waals surface area contributed by atoms with Crippen LogP contribution in [0.1, 0.15) is 12.7 Å². The van der Waals surface area contributed by atoms with Gasteiger partial charge in [-0.05, 0) is 12.1 Å². The van der Waals surface area contributed by atoms with E-state index in [1.54, 1.807) is 11.9 Å². The molecule has 1 amide bonds. The van der Waals surface area contributed by atoms with Crippen molar-refractivity contribution in [2.45, 2.75) is 13.5 Å². The third-order valence-electron chi connectivity index (χ3n) is 3.41. The Morgan fingerprint density at radius 1 is 1.38 bits per heavy atom. The Balaban J connectivity index is 0.00000200. The van der Waals surface area contributed by atoms with Gasteiger partial charge in [-0.1, -0.05) is 19.1 Å². The van der Waals surface area contributed by atoms with Crippen LogP contribution in [0.15, 0.2) is 24.3 Å². The van der Waals surface area contributed by atoms with Gasteiger partial charge in [-0.2, -0.15) is 0 Å². The van der Waals surface area contributed by atoms with Crippen LogP contribution < -0.4 is 5.73 Å². The van der Waals surface area contributed by atoms with E-state index >= 15 is 0 Å². The number of hydrogen-bond acceptors (Lipinski definition) is 3. The van der Waals surface area contributed by atoms with Crippen LogP contribution in [-0.4, -0.2) is 34.0 Å². The number of fused-ring (bicyclic) bond motifs is 1. The predicted octanol–water partition coefficient (Wildman–Crippen LogP) is 1.97. The van der Waals surface area contributed by atoms with Crippen molar-refractivity contribution in [1.29, 1.82) is 0 Å². The highest BCUT2D eigenvalue weighted by atomic mass is 35.5. The smallest absolute Gasteiger partial charge is 0.226 e. The molecule has 0 aliphatic rings. The molecule has 0 aliphatic heterocycles. The van der Waals surface area contributed by atoms with Crippen molar-refractivity contribution in [3.05, 3.63) is 30.1 Å². The molecule has 0 saturated carbocycles. The van der Waals surface area contributed by atoms with Gasteiger partial charge in [0.25, 0.3) is 0 Å². The second kappa shape index (κ2) is 8.22. The maximum absolute atomic E-state index is 12.0. The van der Waals surface area contributed by atoms with Crippen LogP contribution in [0.2, 0.25) is 0 Å². The molecule has 7 heteroatoms. The molecule has 0 spiro atoms. The van der Waals surface area contributed by atoms with Gasteiger partial charge in [0.1, 0.15) is 5.82 Å². The predicted molar refractivity (Wildman–Crippen MR) is 89.9 cm³/mol. The third-order valence-corrected chi connectivity index (χ3v) is 3.41. The molecular formula is C14H22Cl2N4O. The number of nitrogens with zero attached hydrogens (tertiary/aromatic N) is 3. The van der Waals surface area contributed by atoms with Crippen molar-refractivity contribution in [2.75, 3.05) is 13.6 Å². The molecule has 0 radical (unpaired) electrons. The van der Waals surface area contributed by atoms with E-state index in [0.717, 1.165) is 16.9 Å². The quantitative estimate of drug-likeness (QED) is 0.930. The second-order valence-electron chi connectivity index (χ2n) is 4.91. The van der Waals surface area contributed by atoms with E-state index in [4.69, 9.17) is 5.73 Å². The van der Waals surface area contributed by atoms with Crippen LogP contribution in [0, 0.1) is 5.92 Å². The van der Waals surface area contributed by atoms with Gasteiger partial charge in [-0.25, -0.2) is 4.98 Å². The molecule has 0 saturated heterocycles. The summed E-state index contributed by atoms with van der Waals surface area (Å²) in [6, 6.07) is 7.95. The average Bonchev–Trinajstić information content (AvgIpc) is 2.74. The van der Waals surface area contributed by atoms with Crippen molar-refractivity contribution >= 4 is 41.8 Å². The highest BCUT2D eigenvalue weighted by Gasteiger charge is 2.18. The Morgan fingerprint density at radius 2 is 2.00 bits per heavy atom. The highest BCUT2D eigenvalue weighted by Crippen LogP contribution is 2.15. The average molecular weight is 333 g/mol. The topological polar surface area (TPSA) is 64.2 Å². The maximum Gasteiger partial charge on any atom is 0.226 e. The minimum Gasteiger partial charge on any atom is -0.338 e. The van der Waals surface area contributed by atoms with E-state index < -0.39 is 0 Å². The van der Waals surface area contributed by atoms with Gasteiger partial charge < -0.3 is 15.2 Å². The fourth-order valence-electron chi connectivity index (χ4n) is 2.10. The summed E-state index contributed by atoms with van der Waals surface area (Å²) in [5.74, 6) is 0.774. The van der Waals surface area contributed by atoms with E-state index in [9.17, 15) is 4.79 Å². The van der Waals surface area contributed by atoms with Crippen molar-refractivity contribution in [3.8, 4) is 0 Å². The number of amides is 1. The lowest BCUT2D eigenvalue weighted by atomic mass is 10.1. The Morgan fingerprint density at radius 3 is 2.57 bits per heavy atom. The van der Waals surface area contributed by atoms with Gasteiger partial charge in [-0.3, -0.25) is 4.79 Å². The summed E-state index contributed by atoms with van der Waals surface area (Å²) in [6.45, 7) is 2.70. The fourth-order valence-corrected chi connectivity index (χ4v) is 2.10. The molecule has 1 aromatic heterocycles. The Labute approximate surface area is 137 Å². The number of imidazole rings is 1. The number of benzene rings is 1. The molecule has 1 heterocycles. The molecular weight excluding hydrogens is 311 g/mol. The summed E-state index contributed by atoms with van der Waals surface area (Å²) in [7, 11) is 3.75. The molecule has 0 bridgehead atoms. The number of aryl methyl sites for hydroxylation is 1. The molecule has 2 N–H and O–H groups in total. The first-order valence-corrected chi connectivity index (χ1v) is 6.40. The number of halogens is 2. The van der Waals surface area contributed by atoms with Gasteiger partial charge in [0.15, 0.2) is 0 Å². The monoisotopic (exact) mass is 332 g/mol. The van der Waals surface area contributed by atoms with Gasteiger partial charge in [-0.15, -0.1) is 24.8 Å². The zero-order chi connectivity index (χ0) is 14.0. The Hall–Kier alpha value is -1.30. The van der Waals surface area contributed by atoms with E-state index in [1.165, 1.54) is 0 Å². The maximum atomic E-state index is 12.0. The number of aromatic nitrogens is 2. The lowest BCUT2D eigenvalue weighted by Crippen LogP contribution is -2.35.